The average Bonchev–Trinajstić information content (AvgIpc) is 1.60. The van der Waals surface area contributed by atoms with Crippen molar-refractivity contribution in [2.24, 2.45) is 0 Å². The van der Waals surface area contributed by atoms with Crippen LogP contribution in [0.5, 0.6) is 0 Å². The third-order valence-corrected chi connectivity index (χ3v) is 19.4. The van der Waals surface area contributed by atoms with Gasteiger partial charge in [0.05, 0.1) is 5.69 Å². The van der Waals surface area contributed by atoms with E-state index in [1.54, 1.807) is 0 Å². The van der Waals surface area contributed by atoms with Gasteiger partial charge in [0.2, 0.25) is 0 Å². The van der Waals surface area contributed by atoms with Crippen molar-refractivity contribution in [3.05, 3.63) is 357 Å². The summed E-state index contributed by atoms with van der Waals surface area (Å²) in [4.78, 5) is 2.38. The van der Waals surface area contributed by atoms with E-state index in [4.69, 9.17) is 20.4 Å². The van der Waals surface area contributed by atoms with E-state index in [2.05, 4.69) is 344 Å². The summed E-state index contributed by atoms with van der Waals surface area (Å²) in [5.41, 5.74) is 13.6. The second kappa shape index (κ2) is 24.1. The zero-order valence-corrected chi connectivity index (χ0v) is 53.4. The van der Waals surface area contributed by atoms with Crippen molar-refractivity contribution < 1.29 is 8.83 Å². The maximum atomic E-state index is 6.58. The number of hydrogen-bond donors (Lipinski definition) is 1. The first kappa shape index (κ1) is 57.2. The van der Waals surface area contributed by atoms with Crippen molar-refractivity contribution in [2.75, 3.05) is 10.2 Å². The smallest absolute Gasteiger partial charge is 0.137 e. The lowest BCUT2D eigenvalue weighted by molar-refractivity contribution is 0.669. The number of hydrogen-bond acceptors (Lipinski definition) is 4. The SMILES string of the molecule is Clc1ccc2ccc3c4ccccc4ccc3c2c1.c1ccc(-c2ccccc2N(c2ccc3c(c2)oc2cc4ccccc4cc23)c2ccc3ccc4c5ccccc5ccc4c3c2)cc1.c1ccc(-c2ccccc2Nc2ccc3c(c2)oc2cc4ccccc4cc23)cc1. The summed E-state index contributed by atoms with van der Waals surface area (Å²) in [5.74, 6) is 0. The summed E-state index contributed by atoms with van der Waals surface area (Å²) < 4.78 is 12.8. The summed E-state index contributed by atoms with van der Waals surface area (Å²) in [6.07, 6.45) is 0. The molecule has 0 saturated heterocycles. The van der Waals surface area contributed by atoms with E-state index in [-0.39, 0.29) is 0 Å². The Morgan fingerprint density at radius 2 is 0.629 bits per heavy atom. The van der Waals surface area contributed by atoms with E-state index in [0.29, 0.717) is 0 Å². The number of rotatable bonds is 7. The Labute approximate surface area is 564 Å². The van der Waals surface area contributed by atoms with Gasteiger partial charge in [0, 0.05) is 72.6 Å². The van der Waals surface area contributed by atoms with E-state index in [9.17, 15) is 0 Å². The third-order valence-electron chi connectivity index (χ3n) is 19.1. The fourth-order valence-electron chi connectivity index (χ4n) is 14.4. The summed E-state index contributed by atoms with van der Waals surface area (Å²) in [5, 5.41) is 28.8. The van der Waals surface area contributed by atoms with Crippen LogP contribution in [-0.4, -0.2) is 0 Å². The number of halogens is 1. The van der Waals surface area contributed by atoms with E-state index in [1.165, 1.54) is 103 Å². The molecule has 0 radical (unpaired) electrons. The summed E-state index contributed by atoms with van der Waals surface area (Å²) >= 11 is 6.14. The maximum Gasteiger partial charge on any atom is 0.137 e. The molecule has 20 aromatic rings. The number of para-hydroxylation sites is 2. The molecule has 4 nitrogen and oxygen atoms in total. The molecule has 0 unspecified atom stereocenters. The number of nitrogens with zero attached hydrogens (tertiary/aromatic N) is 1. The molecule has 97 heavy (non-hydrogen) atoms. The summed E-state index contributed by atoms with van der Waals surface area (Å²) in [6.45, 7) is 0. The summed E-state index contributed by atoms with van der Waals surface area (Å²) in [7, 11) is 0. The second-order valence-corrected chi connectivity index (χ2v) is 25.3. The van der Waals surface area contributed by atoms with Crippen molar-refractivity contribution in [3.63, 3.8) is 0 Å². The normalized spacial score (nSPS) is 11.6. The van der Waals surface area contributed by atoms with E-state index in [1.807, 2.05) is 18.2 Å². The van der Waals surface area contributed by atoms with Crippen LogP contribution in [0.15, 0.2) is 361 Å². The number of benzene rings is 18. The van der Waals surface area contributed by atoms with Gasteiger partial charge in [-0.05, 0) is 182 Å². The lowest BCUT2D eigenvalue weighted by Gasteiger charge is -2.28. The van der Waals surface area contributed by atoms with Crippen molar-refractivity contribution in [3.8, 4) is 22.3 Å². The fourth-order valence-corrected chi connectivity index (χ4v) is 14.6. The molecule has 456 valence electrons. The predicted octanol–water partition coefficient (Wildman–Crippen LogP) is 27.3. The number of furan rings is 2. The number of anilines is 5. The topological polar surface area (TPSA) is 41.6 Å². The van der Waals surface area contributed by atoms with Crippen LogP contribution < -0.4 is 10.2 Å². The highest BCUT2D eigenvalue weighted by Crippen LogP contribution is 2.46. The largest absolute Gasteiger partial charge is 0.456 e. The Bertz CT molecular complexity index is 6450. The van der Waals surface area contributed by atoms with Gasteiger partial charge in [-0.2, -0.15) is 0 Å². The van der Waals surface area contributed by atoms with Crippen LogP contribution in [0.4, 0.5) is 28.4 Å². The highest BCUT2D eigenvalue weighted by molar-refractivity contribution is 6.32. The van der Waals surface area contributed by atoms with Crippen LogP contribution in [0.1, 0.15) is 0 Å². The van der Waals surface area contributed by atoms with Gasteiger partial charge in [0.15, 0.2) is 0 Å². The van der Waals surface area contributed by atoms with Crippen molar-refractivity contribution in [2.45, 2.75) is 0 Å². The molecule has 18 aromatic carbocycles. The highest BCUT2D eigenvalue weighted by atomic mass is 35.5. The molecule has 2 heterocycles. The van der Waals surface area contributed by atoms with Gasteiger partial charge in [0.25, 0.3) is 0 Å². The Morgan fingerprint density at radius 1 is 0.237 bits per heavy atom. The minimum atomic E-state index is 0.785. The first-order valence-corrected chi connectivity index (χ1v) is 33.2. The average molecular weight is 1260 g/mol. The van der Waals surface area contributed by atoms with Crippen LogP contribution >= 0.6 is 11.6 Å². The Hall–Kier alpha value is -12.5. The first-order chi connectivity index (χ1) is 48.0. The molecule has 0 aliphatic carbocycles. The molecule has 0 fully saturated rings. The first-order valence-electron chi connectivity index (χ1n) is 32.9. The zero-order chi connectivity index (χ0) is 64.3. The molecule has 0 aliphatic heterocycles. The molecule has 0 aliphatic rings. The van der Waals surface area contributed by atoms with E-state index < -0.39 is 0 Å². The van der Waals surface area contributed by atoms with E-state index >= 15 is 0 Å². The molecule has 0 bridgehead atoms. The van der Waals surface area contributed by atoms with Crippen LogP contribution in [0, 0.1) is 0 Å². The van der Waals surface area contributed by atoms with Gasteiger partial charge < -0.3 is 19.1 Å². The molecule has 5 heteroatoms. The monoisotopic (exact) mass is 1260 g/mol. The molecule has 0 spiro atoms. The second-order valence-electron chi connectivity index (χ2n) is 24.9. The maximum absolute atomic E-state index is 6.58. The molecule has 0 saturated carbocycles. The quantitative estimate of drug-likeness (QED) is 0.162. The lowest BCUT2D eigenvalue weighted by atomic mass is 9.96. The van der Waals surface area contributed by atoms with Gasteiger partial charge in [0.1, 0.15) is 22.3 Å². The molecule has 20 rings (SSSR count). The summed E-state index contributed by atoms with van der Waals surface area (Å²) in [6, 6.07) is 125. The molecular weight excluding hydrogens is 1200 g/mol. The fraction of sp³-hybridized carbons (Fsp3) is 0. The number of nitrogens with one attached hydrogen (secondary N) is 1. The minimum Gasteiger partial charge on any atom is -0.456 e. The Morgan fingerprint density at radius 3 is 1.23 bits per heavy atom. The van der Waals surface area contributed by atoms with Crippen LogP contribution in [-0.2, 0) is 0 Å². The molecule has 1 N–H and O–H groups in total. The predicted molar refractivity (Wildman–Crippen MR) is 414 cm³/mol. The molecule has 0 atom stereocenters. The van der Waals surface area contributed by atoms with Crippen molar-refractivity contribution in [1.82, 2.24) is 0 Å². The molecule has 2 aromatic heterocycles. The highest BCUT2D eigenvalue weighted by Gasteiger charge is 2.21. The number of fused-ring (bicyclic) bond motifs is 18. The van der Waals surface area contributed by atoms with Gasteiger partial charge in [-0.25, -0.2) is 0 Å². The van der Waals surface area contributed by atoms with Gasteiger partial charge in [-0.1, -0.05) is 266 Å². The zero-order valence-electron chi connectivity index (χ0n) is 52.6. The van der Waals surface area contributed by atoms with Crippen molar-refractivity contribution >= 4 is 170 Å². The van der Waals surface area contributed by atoms with Gasteiger partial charge >= 0.3 is 0 Å². The molecule has 0 amide bonds. The Balaban J connectivity index is 0.000000118. The van der Waals surface area contributed by atoms with E-state index in [0.717, 1.165) is 82.9 Å². The van der Waals surface area contributed by atoms with Gasteiger partial charge in [-0.15, -0.1) is 0 Å². The van der Waals surface area contributed by atoms with Crippen LogP contribution in [0.25, 0.3) is 152 Å². The van der Waals surface area contributed by atoms with Crippen LogP contribution in [0.3, 0.4) is 0 Å². The lowest BCUT2D eigenvalue weighted by Crippen LogP contribution is -2.11. The Kier molecular flexibility index (Phi) is 14.2. The minimum absolute atomic E-state index is 0.785. The molecular formula is C92H59ClN2O2. The standard InChI is InChI=1S/C46H29NO.C28H19NO.C18H11Cl/c1-2-10-30(11-3-1)38-16-8-9-17-44(38)47(36-22-25-41-43-26-33-13-4-5-14-34(33)27-45(43)48-46(41)29-36)35-21-18-32-20-23-39-37-15-7-6-12-31(37)19-24-40(39)42(32)28-35;1-2-8-19(9-3-1)23-12-6-7-13-26(23)29-22-14-15-24-25-16-20-10-4-5-11-21(20)17-27(25)30-28(24)18-22;19-14-8-5-13-7-9-16-15-4-2-1-3-12(15)6-10-17(16)18(13)11-14/h1-29H;1-18,29H;1-11H. The van der Waals surface area contributed by atoms with Gasteiger partial charge in [-0.3, -0.25) is 0 Å². The third kappa shape index (κ3) is 10.5. The van der Waals surface area contributed by atoms with Crippen LogP contribution in [0.2, 0.25) is 5.02 Å². The van der Waals surface area contributed by atoms with Crippen molar-refractivity contribution in [1.29, 1.82) is 0 Å².